The van der Waals surface area contributed by atoms with Gasteiger partial charge in [-0.05, 0) is 24.8 Å². The van der Waals surface area contributed by atoms with E-state index < -0.39 is 12.1 Å². The normalized spacial score (nSPS) is 13.4. The number of aliphatic carboxylic acids is 1. The van der Waals surface area contributed by atoms with Crippen LogP contribution in [-0.4, -0.2) is 23.8 Å². The Balaban J connectivity index is 2.97. The Morgan fingerprint density at radius 3 is 2.48 bits per heavy atom. The number of benzene rings is 1. The van der Waals surface area contributed by atoms with Crippen LogP contribution in [0.15, 0.2) is 54.3 Å². The molecule has 1 aromatic carbocycles. The van der Waals surface area contributed by atoms with Gasteiger partial charge in [0.2, 0.25) is 0 Å². The summed E-state index contributed by atoms with van der Waals surface area (Å²) in [6.45, 7) is 9.96. The Kier molecular flexibility index (Phi) is 8.13. The minimum Gasteiger partial charge on any atom is -0.491 e. The molecule has 1 atom stereocenters. The standard InChI is InChI=1S/C19H26O4/c1-5-11-22-18(15(4)19(20)21)17(12-14(2)3)23-13-16-9-7-6-8-10-16/h5-10,14,17H,1,11-13H2,2-4H3,(H,20,21)/b18-15-. The molecule has 0 spiro atoms. The van der Waals surface area contributed by atoms with E-state index in [-0.39, 0.29) is 12.2 Å². The van der Waals surface area contributed by atoms with E-state index in [1.165, 1.54) is 0 Å². The lowest BCUT2D eigenvalue weighted by Crippen LogP contribution is -2.23. The fourth-order valence-corrected chi connectivity index (χ4v) is 2.15. The Morgan fingerprint density at radius 2 is 1.96 bits per heavy atom. The maximum Gasteiger partial charge on any atom is 0.334 e. The topological polar surface area (TPSA) is 55.8 Å². The first kappa shape index (κ1) is 19.0. The lowest BCUT2D eigenvalue weighted by Gasteiger charge is -2.24. The first-order valence-corrected chi connectivity index (χ1v) is 7.79. The fourth-order valence-electron chi connectivity index (χ4n) is 2.15. The Hall–Kier alpha value is -2.07. The van der Waals surface area contributed by atoms with Gasteiger partial charge < -0.3 is 14.6 Å². The van der Waals surface area contributed by atoms with Crippen molar-refractivity contribution in [2.45, 2.75) is 39.9 Å². The van der Waals surface area contributed by atoms with Gasteiger partial charge in [-0.25, -0.2) is 4.79 Å². The van der Waals surface area contributed by atoms with E-state index in [4.69, 9.17) is 9.47 Å². The van der Waals surface area contributed by atoms with Gasteiger partial charge in [0.25, 0.3) is 0 Å². The molecule has 1 aromatic rings. The Bertz CT molecular complexity index is 532. The van der Waals surface area contributed by atoms with Crippen LogP contribution in [0, 0.1) is 5.92 Å². The van der Waals surface area contributed by atoms with E-state index in [0.29, 0.717) is 24.7 Å². The second-order valence-electron chi connectivity index (χ2n) is 5.81. The maximum atomic E-state index is 11.3. The van der Waals surface area contributed by atoms with Gasteiger partial charge >= 0.3 is 5.97 Å². The molecule has 0 bridgehead atoms. The molecule has 0 aliphatic carbocycles. The molecule has 0 amide bonds. The lowest BCUT2D eigenvalue weighted by atomic mass is 10.0. The largest absolute Gasteiger partial charge is 0.491 e. The van der Waals surface area contributed by atoms with Crippen LogP contribution in [-0.2, 0) is 20.9 Å². The van der Waals surface area contributed by atoms with Crippen molar-refractivity contribution in [3.63, 3.8) is 0 Å². The second-order valence-corrected chi connectivity index (χ2v) is 5.81. The average molecular weight is 318 g/mol. The predicted molar refractivity (Wildman–Crippen MR) is 91.0 cm³/mol. The van der Waals surface area contributed by atoms with Gasteiger partial charge in [0, 0.05) is 0 Å². The van der Waals surface area contributed by atoms with Crippen molar-refractivity contribution in [2.24, 2.45) is 5.92 Å². The van der Waals surface area contributed by atoms with Gasteiger partial charge in [0.05, 0.1) is 12.2 Å². The summed E-state index contributed by atoms with van der Waals surface area (Å²) in [5.74, 6) is -0.275. The van der Waals surface area contributed by atoms with Crippen molar-refractivity contribution in [3.8, 4) is 0 Å². The molecule has 0 fully saturated rings. The molecule has 4 nitrogen and oxygen atoms in total. The third kappa shape index (κ3) is 6.70. The highest BCUT2D eigenvalue weighted by molar-refractivity contribution is 5.86. The number of carboxylic acid groups (broad SMARTS) is 1. The van der Waals surface area contributed by atoms with Gasteiger partial charge in [0.15, 0.2) is 0 Å². The SMILES string of the molecule is C=CCO/C(=C(/C)C(=O)O)C(CC(C)C)OCc1ccccc1. The molecule has 1 rings (SSSR count). The monoisotopic (exact) mass is 318 g/mol. The van der Waals surface area contributed by atoms with E-state index in [9.17, 15) is 9.90 Å². The molecule has 0 aliphatic heterocycles. The summed E-state index contributed by atoms with van der Waals surface area (Å²) in [7, 11) is 0. The molecule has 0 aliphatic rings. The molecule has 1 unspecified atom stereocenters. The van der Waals surface area contributed by atoms with E-state index >= 15 is 0 Å². The van der Waals surface area contributed by atoms with Crippen LogP contribution in [0.3, 0.4) is 0 Å². The zero-order chi connectivity index (χ0) is 17.2. The van der Waals surface area contributed by atoms with Gasteiger partial charge in [-0.1, -0.05) is 56.8 Å². The zero-order valence-electron chi connectivity index (χ0n) is 14.1. The van der Waals surface area contributed by atoms with Crippen LogP contribution < -0.4 is 0 Å². The van der Waals surface area contributed by atoms with Crippen LogP contribution in [0.5, 0.6) is 0 Å². The summed E-state index contributed by atoms with van der Waals surface area (Å²) in [4.78, 5) is 11.3. The number of hydrogen-bond acceptors (Lipinski definition) is 3. The van der Waals surface area contributed by atoms with Crippen LogP contribution in [0.1, 0.15) is 32.8 Å². The number of hydrogen-bond donors (Lipinski definition) is 1. The quantitative estimate of drug-likeness (QED) is 0.399. The van der Waals surface area contributed by atoms with Crippen molar-refractivity contribution >= 4 is 5.97 Å². The van der Waals surface area contributed by atoms with E-state index in [2.05, 4.69) is 20.4 Å². The van der Waals surface area contributed by atoms with Crippen molar-refractivity contribution in [1.82, 2.24) is 0 Å². The molecule has 23 heavy (non-hydrogen) atoms. The predicted octanol–water partition coefficient (Wildman–Crippen LogP) is 4.18. The molecule has 0 radical (unpaired) electrons. The summed E-state index contributed by atoms with van der Waals surface area (Å²) in [5.41, 5.74) is 1.21. The van der Waals surface area contributed by atoms with Crippen LogP contribution in [0.2, 0.25) is 0 Å². The first-order valence-electron chi connectivity index (χ1n) is 7.79. The molecule has 1 N–H and O–H groups in total. The highest BCUT2D eigenvalue weighted by Crippen LogP contribution is 2.22. The molecule has 0 heterocycles. The molecule has 0 saturated carbocycles. The lowest BCUT2D eigenvalue weighted by molar-refractivity contribution is -0.133. The number of carbonyl (C=O) groups is 1. The highest BCUT2D eigenvalue weighted by Gasteiger charge is 2.23. The summed E-state index contributed by atoms with van der Waals surface area (Å²) in [6, 6.07) is 9.80. The second kappa shape index (κ2) is 9.85. The molecule has 0 aromatic heterocycles. The average Bonchev–Trinajstić information content (AvgIpc) is 2.52. The molecular formula is C19H26O4. The van der Waals surface area contributed by atoms with Crippen molar-refractivity contribution in [1.29, 1.82) is 0 Å². The number of rotatable bonds is 10. The van der Waals surface area contributed by atoms with Crippen LogP contribution in [0.4, 0.5) is 0 Å². The number of ether oxygens (including phenoxy) is 2. The molecule has 4 heteroatoms. The van der Waals surface area contributed by atoms with Gasteiger partial charge in [-0.2, -0.15) is 0 Å². The minimum absolute atomic E-state index is 0.172. The zero-order valence-corrected chi connectivity index (χ0v) is 14.1. The smallest absolute Gasteiger partial charge is 0.334 e. The third-order valence-corrected chi connectivity index (χ3v) is 3.32. The van der Waals surface area contributed by atoms with Gasteiger partial charge in [0.1, 0.15) is 18.5 Å². The highest BCUT2D eigenvalue weighted by atomic mass is 16.5. The van der Waals surface area contributed by atoms with Crippen LogP contribution >= 0.6 is 0 Å². The summed E-state index contributed by atoms with van der Waals surface area (Å²) >= 11 is 0. The van der Waals surface area contributed by atoms with E-state index in [1.54, 1.807) is 13.0 Å². The Labute approximate surface area is 138 Å². The van der Waals surface area contributed by atoms with Gasteiger partial charge in [-0.15, -0.1) is 0 Å². The number of carboxylic acids is 1. The maximum absolute atomic E-state index is 11.3. The molecular weight excluding hydrogens is 292 g/mol. The summed E-state index contributed by atoms with van der Waals surface area (Å²) in [6.07, 6.45) is 1.88. The summed E-state index contributed by atoms with van der Waals surface area (Å²) in [5, 5.41) is 9.30. The minimum atomic E-state index is -0.999. The fraction of sp³-hybridized carbons (Fsp3) is 0.421. The summed E-state index contributed by atoms with van der Waals surface area (Å²) < 4.78 is 11.6. The molecule has 126 valence electrons. The Morgan fingerprint density at radius 1 is 1.30 bits per heavy atom. The van der Waals surface area contributed by atoms with E-state index in [1.807, 2.05) is 30.3 Å². The third-order valence-electron chi connectivity index (χ3n) is 3.32. The van der Waals surface area contributed by atoms with Gasteiger partial charge in [-0.3, -0.25) is 0 Å². The molecule has 0 saturated heterocycles. The van der Waals surface area contributed by atoms with E-state index in [0.717, 1.165) is 5.56 Å². The van der Waals surface area contributed by atoms with Crippen LogP contribution in [0.25, 0.3) is 0 Å². The van der Waals surface area contributed by atoms with Crippen molar-refractivity contribution in [3.05, 3.63) is 59.9 Å². The van der Waals surface area contributed by atoms with Crippen molar-refractivity contribution < 1.29 is 19.4 Å². The van der Waals surface area contributed by atoms with Crippen molar-refractivity contribution in [2.75, 3.05) is 6.61 Å². The first-order chi connectivity index (χ1) is 11.0.